The second kappa shape index (κ2) is 11.0. The second-order valence-electron chi connectivity index (χ2n) is 7.49. The number of aliphatic carboxylic acids is 1. The molecule has 1 N–H and O–H groups in total. The van der Waals surface area contributed by atoms with E-state index >= 15 is 0 Å². The second-order valence-corrected chi connectivity index (χ2v) is 8.64. The van der Waals surface area contributed by atoms with Crippen molar-refractivity contribution in [2.24, 2.45) is 0 Å². The van der Waals surface area contributed by atoms with Gasteiger partial charge < -0.3 is 11.4 Å². The molecule has 0 saturated carbocycles. The molecule has 2 aromatic heterocycles. The third kappa shape index (κ3) is 5.30. The van der Waals surface area contributed by atoms with Gasteiger partial charge in [-0.2, -0.15) is 0 Å². The Morgan fingerprint density at radius 2 is 1.75 bits per heavy atom. The molecule has 11 heteroatoms. The third-order valence-electron chi connectivity index (χ3n) is 5.62. The molecule has 166 valence electrons. The normalized spacial score (nSPS) is 14.5. The van der Waals surface area contributed by atoms with Crippen molar-refractivity contribution >= 4 is 45.5 Å². The summed E-state index contributed by atoms with van der Waals surface area (Å²) in [5, 5.41) is 13.6. The first-order valence-corrected chi connectivity index (χ1v) is 11.4. The summed E-state index contributed by atoms with van der Waals surface area (Å²) in [6.07, 6.45) is -0.174. The van der Waals surface area contributed by atoms with E-state index in [1.807, 2.05) is 24.3 Å². The Labute approximate surface area is 217 Å². The molecule has 1 aliphatic heterocycles. The van der Waals surface area contributed by atoms with Crippen LogP contribution in [0.15, 0.2) is 44.6 Å². The number of halogens is 1. The van der Waals surface area contributed by atoms with Crippen molar-refractivity contribution in [3.05, 3.63) is 60.9 Å². The predicted molar refractivity (Wildman–Crippen MR) is 124 cm³/mol. The number of aromatic nitrogens is 2. The fourth-order valence-electron chi connectivity index (χ4n) is 3.92. The Hall–Kier alpha value is -1.62. The van der Waals surface area contributed by atoms with Crippen LogP contribution >= 0.6 is 22.9 Å². The van der Waals surface area contributed by atoms with Crippen LogP contribution in [0.25, 0.3) is 10.9 Å². The summed E-state index contributed by atoms with van der Waals surface area (Å²) in [5.41, 5.74) is 0.754. The van der Waals surface area contributed by atoms with E-state index in [0.717, 1.165) is 36.9 Å². The molecule has 1 saturated heterocycles. The fraction of sp³-hybridized carbons (Fsp3) is 0.381. The van der Waals surface area contributed by atoms with Crippen LogP contribution in [-0.4, -0.2) is 57.8 Å². The van der Waals surface area contributed by atoms with Crippen molar-refractivity contribution in [1.82, 2.24) is 14.0 Å². The van der Waals surface area contributed by atoms with Gasteiger partial charge in [0.15, 0.2) is 0 Å². The average Bonchev–Trinajstić information content (AvgIpc) is 3.24. The number of thiophene rings is 1. The van der Waals surface area contributed by atoms with Gasteiger partial charge in [-0.3, -0.25) is 23.6 Å². The van der Waals surface area contributed by atoms with E-state index in [1.54, 1.807) is 10.8 Å². The molecule has 0 unspecified atom stereocenters. The number of anilines is 1. The van der Waals surface area contributed by atoms with Gasteiger partial charge in [0.05, 0.1) is 28.0 Å². The van der Waals surface area contributed by atoms with Crippen LogP contribution in [0.2, 0.25) is 5.02 Å². The Morgan fingerprint density at radius 1 is 1.03 bits per heavy atom. The summed E-state index contributed by atoms with van der Waals surface area (Å²) in [5.74, 6) is -0.982. The minimum Gasteiger partial charge on any atom is -1.00 e. The van der Waals surface area contributed by atoms with Gasteiger partial charge >= 0.3 is 41.2 Å². The molecule has 1 aliphatic rings. The minimum atomic E-state index is -0.982. The maximum Gasteiger partial charge on any atom is 1.00 e. The summed E-state index contributed by atoms with van der Waals surface area (Å²) in [6, 6.07) is 7.77. The molecule has 0 atom stereocenters. The summed E-state index contributed by atoms with van der Waals surface area (Å²) in [6.45, 7) is 4.10. The third-order valence-corrected chi connectivity index (χ3v) is 6.67. The van der Waals surface area contributed by atoms with Crippen molar-refractivity contribution in [3.8, 4) is 0 Å². The van der Waals surface area contributed by atoms with Gasteiger partial charge in [-0.25, -0.2) is 4.79 Å². The number of rotatable bonds is 7. The van der Waals surface area contributed by atoms with Gasteiger partial charge in [-0.05, 0) is 12.1 Å². The zero-order chi connectivity index (χ0) is 22.0. The fourth-order valence-corrected chi connectivity index (χ4v) is 4.99. The number of fused-ring (bicyclic) bond motifs is 1. The zero-order valence-electron chi connectivity index (χ0n) is 18.9. The minimum absolute atomic E-state index is 0. The number of carboxylic acids is 1. The Bertz CT molecular complexity index is 1220. The van der Waals surface area contributed by atoms with Gasteiger partial charge in [-0.15, -0.1) is 11.3 Å². The van der Waals surface area contributed by atoms with Gasteiger partial charge in [0.2, 0.25) is 0 Å². The standard InChI is InChI=1S/C21H23ClN4O4S.Na.H/c22-16-3-1-2-4-17(16)24-10-7-23(8-11-24)9-12-26-20(29)15-13-31-14-18(15)25(21(26)30)6-5-19(27)28;;/h1-4,13-14H,5-12H2,(H,27,28);;/q;+1;-1. The smallest absolute Gasteiger partial charge is 1.00 e. The molecule has 0 amide bonds. The van der Waals surface area contributed by atoms with E-state index in [0.29, 0.717) is 17.4 Å². The van der Waals surface area contributed by atoms with E-state index < -0.39 is 11.7 Å². The van der Waals surface area contributed by atoms with E-state index in [9.17, 15) is 14.4 Å². The number of nitrogens with zero attached hydrogens (tertiary/aromatic N) is 4. The molecule has 0 radical (unpaired) electrons. The molecule has 1 fully saturated rings. The van der Waals surface area contributed by atoms with Crippen molar-refractivity contribution in [2.75, 3.05) is 37.6 Å². The maximum atomic E-state index is 13.0. The zero-order valence-corrected chi connectivity index (χ0v) is 21.4. The van der Waals surface area contributed by atoms with E-state index in [4.69, 9.17) is 16.7 Å². The van der Waals surface area contributed by atoms with Gasteiger partial charge in [0.25, 0.3) is 5.56 Å². The first-order valence-electron chi connectivity index (χ1n) is 10.1. The molecule has 1 aromatic carbocycles. The average molecular weight is 487 g/mol. The largest absolute Gasteiger partial charge is 1.00 e. The number of para-hydroxylation sites is 1. The Kier molecular flexibility index (Phi) is 8.60. The molecule has 3 aromatic rings. The number of hydrogen-bond acceptors (Lipinski definition) is 6. The van der Waals surface area contributed by atoms with Crippen LogP contribution in [0.5, 0.6) is 0 Å². The SMILES string of the molecule is O=C(O)CCn1c(=O)n(CCN2CCN(c3ccccc3Cl)CC2)c(=O)c2cscc21.[H-].[Na+]. The number of carbonyl (C=O) groups is 1. The van der Waals surface area contributed by atoms with Crippen molar-refractivity contribution in [3.63, 3.8) is 0 Å². The quantitative estimate of drug-likeness (QED) is 0.444. The first-order chi connectivity index (χ1) is 15.0. The molecule has 0 aliphatic carbocycles. The number of aryl methyl sites for hydroxylation is 1. The Balaban J connectivity index is 0.00000193. The summed E-state index contributed by atoms with van der Waals surface area (Å²) in [7, 11) is 0. The van der Waals surface area contributed by atoms with Crippen molar-refractivity contribution in [2.45, 2.75) is 19.5 Å². The number of hydrogen-bond donors (Lipinski definition) is 1. The van der Waals surface area contributed by atoms with Crippen LogP contribution < -0.4 is 45.7 Å². The maximum absolute atomic E-state index is 13.0. The van der Waals surface area contributed by atoms with Gasteiger partial charge in [0.1, 0.15) is 0 Å². The number of carboxylic acid groups (broad SMARTS) is 1. The molecular formula is C21H24ClN4NaO4S. The van der Waals surface area contributed by atoms with Crippen molar-refractivity contribution < 1.29 is 40.9 Å². The topological polar surface area (TPSA) is 87.8 Å². The molecule has 3 heterocycles. The van der Waals surface area contributed by atoms with Crippen molar-refractivity contribution in [1.29, 1.82) is 0 Å². The molecule has 0 spiro atoms. The van der Waals surface area contributed by atoms with E-state index in [1.165, 1.54) is 20.5 Å². The molecule has 4 rings (SSSR count). The summed E-state index contributed by atoms with van der Waals surface area (Å²) < 4.78 is 2.63. The van der Waals surface area contributed by atoms with E-state index in [2.05, 4.69) is 9.80 Å². The van der Waals surface area contributed by atoms with Gasteiger partial charge in [0, 0.05) is 56.6 Å². The molecular weight excluding hydrogens is 463 g/mol. The molecule has 0 bridgehead atoms. The van der Waals surface area contributed by atoms with Crippen LogP contribution in [0, 0.1) is 0 Å². The monoisotopic (exact) mass is 486 g/mol. The van der Waals surface area contributed by atoms with E-state index in [-0.39, 0.29) is 56.1 Å². The summed E-state index contributed by atoms with van der Waals surface area (Å²) >= 11 is 7.63. The number of piperazine rings is 1. The van der Waals surface area contributed by atoms with Crippen LogP contribution in [0.1, 0.15) is 7.85 Å². The van der Waals surface area contributed by atoms with Crippen LogP contribution in [-0.2, 0) is 17.9 Å². The number of benzene rings is 1. The molecule has 32 heavy (non-hydrogen) atoms. The first kappa shape index (κ1) is 25.0. The molecule has 8 nitrogen and oxygen atoms in total. The summed E-state index contributed by atoms with van der Waals surface area (Å²) in [4.78, 5) is 41.3. The Morgan fingerprint density at radius 3 is 2.44 bits per heavy atom. The van der Waals surface area contributed by atoms with Crippen LogP contribution in [0.4, 0.5) is 5.69 Å². The predicted octanol–water partition coefficient (Wildman–Crippen LogP) is -0.708. The van der Waals surface area contributed by atoms with Crippen LogP contribution in [0.3, 0.4) is 0 Å². The van der Waals surface area contributed by atoms with Gasteiger partial charge in [-0.1, -0.05) is 23.7 Å².